The zero-order chi connectivity index (χ0) is 26.6. The minimum atomic E-state index is -4.14. The largest absolute Gasteiger partial charge is 0.493 e. The summed E-state index contributed by atoms with van der Waals surface area (Å²) in [5.74, 6) is 0.0109. The van der Waals surface area contributed by atoms with E-state index in [2.05, 4.69) is 4.40 Å². The molecule has 0 radical (unpaired) electrons. The molecule has 4 rings (SSSR count). The van der Waals surface area contributed by atoms with Crippen LogP contribution in [0.15, 0.2) is 80.9 Å². The minimum absolute atomic E-state index is 0.0202. The fraction of sp³-hybridized carbons (Fsp3) is 0.154. The Morgan fingerprint density at radius 1 is 1.08 bits per heavy atom. The number of sulfonamides is 1. The topological polar surface area (TPSA) is 85.3 Å². The summed E-state index contributed by atoms with van der Waals surface area (Å²) in [5.41, 5.74) is 1.45. The smallest absolute Gasteiger partial charge is 0.284 e. The summed E-state index contributed by atoms with van der Waals surface area (Å²) < 4.78 is 53.9. The van der Waals surface area contributed by atoms with Crippen LogP contribution in [0, 0.1) is 5.82 Å². The van der Waals surface area contributed by atoms with Gasteiger partial charge in [0.15, 0.2) is 16.7 Å². The second-order valence-corrected chi connectivity index (χ2v) is 10.8. The van der Waals surface area contributed by atoms with E-state index < -0.39 is 15.8 Å². The maximum absolute atomic E-state index is 13.2. The van der Waals surface area contributed by atoms with Crippen molar-refractivity contribution in [2.24, 2.45) is 4.40 Å². The average Bonchev–Trinajstić information content (AvgIpc) is 3.16. The van der Waals surface area contributed by atoms with Gasteiger partial charge >= 0.3 is 0 Å². The van der Waals surface area contributed by atoms with Gasteiger partial charge in [-0.25, -0.2) is 4.39 Å². The first kappa shape index (κ1) is 26.7. The van der Waals surface area contributed by atoms with Crippen LogP contribution in [0.1, 0.15) is 18.1 Å². The standard InChI is InChI=1S/C26H22ClFN2O5S2/c1-3-30-25(31)24(36-26(30)29-37(32,33)20-11-9-19(28)10-12-20)15-17-8-13-22(34-2)23(14-17)35-16-18-6-4-5-7-21(18)27/h4-15H,3,16H2,1-2H3/b24-15-,29-26?. The van der Waals surface area contributed by atoms with Crippen molar-refractivity contribution in [3.63, 3.8) is 0 Å². The molecule has 192 valence electrons. The molecule has 37 heavy (non-hydrogen) atoms. The lowest BCUT2D eigenvalue weighted by atomic mass is 10.1. The molecule has 1 fully saturated rings. The van der Waals surface area contributed by atoms with Crippen molar-refractivity contribution in [2.75, 3.05) is 13.7 Å². The number of rotatable bonds is 8. The first-order valence-electron chi connectivity index (χ1n) is 11.1. The molecule has 0 N–H and O–H groups in total. The quantitative estimate of drug-likeness (QED) is 0.326. The molecular weight excluding hydrogens is 539 g/mol. The maximum atomic E-state index is 13.2. The average molecular weight is 561 g/mol. The molecule has 0 spiro atoms. The van der Waals surface area contributed by atoms with Gasteiger partial charge < -0.3 is 9.47 Å². The summed E-state index contributed by atoms with van der Waals surface area (Å²) in [5, 5.41) is 0.599. The van der Waals surface area contributed by atoms with Gasteiger partial charge in [0.05, 0.1) is 16.9 Å². The molecule has 0 aromatic heterocycles. The van der Waals surface area contributed by atoms with E-state index in [0.29, 0.717) is 22.1 Å². The number of thioether (sulfide) groups is 1. The molecule has 1 saturated heterocycles. The van der Waals surface area contributed by atoms with E-state index in [0.717, 1.165) is 41.6 Å². The van der Waals surface area contributed by atoms with Crippen LogP contribution in [0.2, 0.25) is 5.02 Å². The lowest BCUT2D eigenvalue weighted by Gasteiger charge is -2.12. The highest BCUT2D eigenvalue weighted by Crippen LogP contribution is 2.36. The summed E-state index contributed by atoms with van der Waals surface area (Å²) in [6.45, 7) is 2.15. The van der Waals surface area contributed by atoms with E-state index in [1.54, 1.807) is 37.3 Å². The van der Waals surface area contributed by atoms with Crippen LogP contribution in [0.25, 0.3) is 6.08 Å². The van der Waals surface area contributed by atoms with Crippen LogP contribution >= 0.6 is 23.4 Å². The number of nitrogens with zero attached hydrogens (tertiary/aromatic N) is 2. The van der Waals surface area contributed by atoms with E-state index >= 15 is 0 Å². The summed E-state index contributed by atoms with van der Waals surface area (Å²) in [6.07, 6.45) is 1.63. The number of amides is 1. The van der Waals surface area contributed by atoms with Crippen LogP contribution in [0.3, 0.4) is 0 Å². The van der Waals surface area contributed by atoms with E-state index in [1.165, 1.54) is 12.0 Å². The van der Waals surface area contributed by atoms with Crippen LogP contribution < -0.4 is 9.47 Å². The third kappa shape index (κ3) is 6.15. The minimum Gasteiger partial charge on any atom is -0.493 e. The predicted molar refractivity (Wildman–Crippen MR) is 143 cm³/mol. The number of ether oxygens (including phenoxy) is 2. The first-order chi connectivity index (χ1) is 17.7. The maximum Gasteiger partial charge on any atom is 0.284 e. The molecule has 1 amide bonds. The lowest BCUT2D eigenvalue weighted by molar-refractivity contribution is -0.122. The van der Waals surface area contributed by atoms with Crippen LogP contribution in [-0.2, 0) is 21.4 Å². The second kappa shape index (κ2) is 11.4. The molecular formula is C26H22ClFN2O5S2. The summed E-state index contributed by atoms with van der Waals surface area (Å²) in [4.78, 5) is 14.4. The molecule has 7 nitrogen and oxygen atoms in total. The Kier molecular flexibility index (Phi) is 8.21. The van der Waals surface area contributed by atoms with Gasteiger partial charge in [-0.3, -0.25) is 9.69 Å². The number of amidine groups is 1. The Hall–Kier alpha value is -3.34. The van der Waals surface area contributed by atoms with Gasteiger partial charge in [0.1, 0.15) is 12.4 Å². The van der Waals surface area contributed by atoms with Crippen LogP contribution in [-0.4, -0.2) is 38.0 Å². The number of benzene rings is 3. The lowest BCUT2D eigenvalue weighted by Crippen LogP contribution is -2.29. The van der Waals surface area contributed by atoms with Gasteiger partial charge in [0, 0.05) is 17.1 Å². The number of hydrogen-bond acceptors (Lipinski definition) is 6. The van der Waals surface area contributed by atoms with Gasteiger partial charge in [0.25, 0.3) is 15.9 Å². The molecule has 0 aliphatic carbocycles. The monoisotopic (exact) mass is 560 g/mol. The number of methoxy groups -OCH3 is 1. The molecule has 0 saturated carbocycles. The highest BCUT2D eigenvalue weighted by Gasteiger charge is 2.34. The van der Waals surface area contributed by atoms with Crippen molar-refractivity contribution in [1.29, 1.82) is 0 Å². The Morgan fingerprint density at radius 2 is 1.81 bits per heavy atom. The van der Waals surface area contributed by atoms with Gasteiger partial charge in [-0.1, -0.05) is 35.9 Å². The van der Waals surface area contributed by atoms with E-state index in [-0.39, 0.29) is 34.0 Å². The zero-order valence-electron chi connectivity index (χ0n) is 19.9. The molecule has 0 bridgehead atoms. The molecule has 0 unspecified atom stereocenters. The number of carbonyl (C=O) groups is 1. The Morgan fingerprint density at radius 3 is 2.49 bits per heavy atom. The fourth-order valence-electron chi connectivity index (χ4n) is 3.44. The van der Waals surface area contributed by atoms with Crippen molar-refractivity contribution in [2.45, 2.75) is 18.4 Å². The third-order valence-corrected chi connectivity index (χ3v) is 8.11. The summed E-state index contributed by atoms with van der Waals surface area (Å²) >= 11 is 7.17. The third-order valence-electron chi connectivity index (χ3n) is 5.34. The van der Waals surface area contributed by atoms with E-state index in [1.807, 2.05) is 18.2 Å². The van der Waals surface area contributed by atoms with Crippen molar-refractivity contribution in [3.8, 4) is 11.5 Å². The summed E-state index contributed by atoms with van der Waals surface area (Å²) in [6, 6.07) is 16.8. The highest BCUT2D eigenvalue weighted by atomic mass is 35.5. The van der Waals surface area contributed by atoms with E-state index in [9.17, 15) is 17.6 Å². The van der Waals surface area contributed by atoms with Crippen molar-refractivity contribution in [3.05, 3.63) is 93.6 Å². The SMILES string of the molecule is CCN1C(=O)/C(=C/c2ccc(OC)c(OCc3ccccc3Cl)c2)SC1=NS(=O)(=O)c1ccc(F)cc1. The molecule has 1 heterocycles. The van der Waals surface area contributed by atoms with Crippen LogP contribution in [0.4, 0.5) is 4.39 Å². The molecule has 3 aromatic rings. The van der Waals surface area contributed by atoms with Crippen molar-refractivity contribution < 1.29 is 27.1 Å². The molecule has 1 aliphatic heterocycles. The zero-order valence-corrected chi connectivity index (χ0v) is 22.2. The van der Waals surface area contributed by atoms with Gasteiger partial charge in [-0.2, -0.15) is 8.42 Å². The van der Waals surface area contributed by atoms with Crippen molar-refractivity contribution >= 4 is 50.5 Å². The van der Waals surface area contributed by atoms with Gasteiger partial charge in [-0.15, -0.1) is 4.40 Å². The number of halogens is 2. The molecule has 0 atom stereocenters. The number of carbonyl (C=O) groups excluding carboxylic acids is 1. The summed E-state index contributed by atoms with van der Waals surface area (Å²) in [7, 11) is -2.62. The van der Waals surface area contributed by atoms with E-state index in [4.69, 9.17) is 21.1 Å². The first-order valence-corrected chi connectivity index (χ1v) is 13.7. The molecule has 11 heteroatoms. The Balaban J connectivity index is 1.61. The highest BCUT2D eigenvalue weighted by molar-refractivity contribution is 8.19. The normalized spacial score (nSPS) is 16.0. The Labute approximate surface area is 223 Å². The number of hydrogen-bond donors (Lipinski definition) is 0. The van der Waals surface area contributed by atoms with Gasteiger partial charge in [0.2, 0.25) is 0 Å². The second-order valence-electron chi connectivity index (χ2n) is 7.75. The molecule has 3 aromatic carbocycles. The van der Waals surface area contributed by atoms with Crippen LogP contribution in [0.5, 0.6) is 11.5 Å². The predicted octanol–water partition coefficient (Wildman–Crippen LogP) is 5.75. The molecule has 1 aliphatic rings. The number of likely N-dealkylation sites (N-methyl/N-ethyl adjacent to an activating group) is 1. The van der Waals surface area contributed by atoms with Crippen molar-refractivity contribution in [1.82, 2.24) is 4.90 Å². The fourth-order valence-corrected chi connectivity index (χ4v) is 5.87. The Bertz CT molecular complexity index is 1490. The van der Waals surface area contributed by atoms with Gasteiger partial charge in [-0.05, 0) is 72.8 Å².